The van der Waals surface area contributed by atoms with Crippen LogP contribution in [0.5, 0.6) is 0 Å². The maximum absolute atomic E-state index is 11.7. The molecule has 0 atom stereocenters. The summed E-state index contributed by atoms with van der Waals surface area (Å²) in [6.07, 6.45) is 3.86. The molecule has 0 radical (unpaired) electrons. The van der Waals surface area contributed by atoms with Gasteiger partial charge in [0.15, 0.2) is 0 Å². The lowest BCUT2D eigenvalue weighted by Gasteiger charge is -2.12. The largest absolute Gasteiger partial charge is 0.478 e. The Hall–Kier alpha value is -3.41. The molecule has 6 heteroatoms. The molecule has 0 aliphatic carbocycles. The van der Waals surface area contributed by atoms with E-state index in [1.165, 1.54) is 0 Å². The minimum Gasteiger partial charge on any atom is -0.478 e. The fraction of sp³-hybridized carbons (Fsp3) is 0.190. The Balaban J connectivity index is 1.87. The molecule has 6 nitrogen and oxygen atoms in total. The molecule has 136 valence electrons. The van der Waals surface area contributed by atoms with Crippen molar-refractivity contribution in [3.05, 3.63) is 59.9 Å². The number of aryl methyl sites for hydroxylation is 1. The molecule has 0 bridgehead atoms. The van der Waals surface area contributed by atoms with E-state index in [1.54, 1.807) is 17.5 Å². The highest BCUT2D eigenvalue weighted by Crippen LogP contribution is 2.34. The van der Waals surface area contributed by atoms with Gasteiger partial charge in [-0.25, -0.2) is 9.78 Å². The number of hydrogen-bond donors (Lipinski definition) is 1. The van der Waals surface area contributed by atoms with Crippen LogP contribution in [0.3, 0.4) is 0 Å². The number of rotatable bonds is 5. The number of carboxylic acid groups (broad SMARTS) is 1. The highest BCUT2D eigenvalue weighted by Gasteiger charge is 2.19. The van der Waals surface area contributed by atoms with Gasteiger partial charge in [-0.2, -0.15) is 0 Å². The summed E-state index contributed by atoms with van der Waals surface area (Å²) in [6, 6.07) is 11.7. The Bertz CT molecular complexity index is 1150. The van der Waals surface area contributed by atoms with Crippen LogP contribution in [0.15, 0.2) is 48.8 Å². The van der Waals surface area contributed by atoms with Crippen LogP contribution in [0.4, 0.5) is 0 Å². The van der Waals surface area contributed by atoms with Crippen molar-refractivity contribution in [2.45, 2.75) is 19.8 Å². The number of carbonyl (C=O) groups excluding carboxylic acids is 1. The monoisotopic (exact) mass is 362 g/mol. The Morgan fingerprint density at radius 2 is 2.04 bits per heavy atom. The number of ether oxygens (including phenoxy) is 1. The summed E-state index contributed by atoms with van der Waals surface area (Å²) in [5.41, 5.74) is 4.31. The van der Waals surface area contributed by atoms with Crippen molar-refractivity contribution in [2.75, 3.05) is 6.61 Å². The quantitative estimate of drug-likeness (QED) is 0.546. The molecule has 3 heterocycles. The number of carbonyl (C=O) groups is 2. The molecule has 0 amide bonds. The third-order valence-electron chi connectivity index (χ3n) is 4.66. The number of aromatic carboxylic acids is 1. The van der Waals surface area contributed by atoms with Gasteiger partial charge in [-0.1, -0.05) is 18.2 Å². The number of carboxylic acids is 1. The lowest BCUT2D eigenvalue weighted by molar-refractivity contribution is -0.143. The maximum atomic E-state index is 11.7. The summed E-state index contributed by atoms with van der Waals surface area (Å²) >= 11 is 0. The van der Waals surface area contributed by atoms with E-state index in [2.05, 4.69) is 0 Å². The van der Waals surface area contributed by atoms with Crippen LogP contribution in [0, 0.1) is 0 Å². The van der Waals surface area contributed by atoms with Gasteiger partial charge in [0.05, 0.1) is 28.9 Å². The van der Waals surface area contributed by atoms with Crippen molar-refractivity contribution in [1.82, 2.24) is 9.38 Å². The molecule has 1 aromatic heterocycles. The third-order valence-corrected chi connectivity index (χ3v) is 4.66. The van der Waals surface area contributed by atoms with Gasteiger partial charge in [0.25, 0.3) is 0 Å². The predicted octanol–water partition coefficient (Wildman–Crippen LogP) is 3.79. The van der Waals surface area contributed by atoms with E-state index >= 15 is 0 Å². The summed E-state index contributed by atoms with van der Waals surface area (Å²) in [5, 5.41) is 10.6. The zero-order valence-electron chi connectivity index (χ0n) is 14.8. The summed E-state index contributed by atoms with van der Waals surface area (Å²) in [6.45, 7) is 2.05. The van der Waals surface area contributed by atoms with Crippen molar-refractivity contribution in [3.8, 4) is 11.3 Å². The van der Waals surface area contributed by atoms with Crippen molar-refractivity contribution in [2.24, 2.45) is 0 Å². The molecule has 0 spiro atoms. The number of fused-ring (bicyclic) bond motifs is 5. The molecule has 4 rings (SSSR count). The van der Waals surface area contributed by atoms with Crippen molar-refractivity contribution in [1.29, 1.82) is 0 Å². The van der Waals surface area contributed by atoms with E-state index in [4.69, 9.17) is 9.72 Å². The van der Waals surface area contributed by atoms with Gasteiger partial charge in [-0.15, -0.1) is 0 Å². The normalized spacial score (nSPS) is 11.3. The molecule has 0 unspecified atom stereocenters. The van der Waals surface area contributed by atoms with Crippen LogP contribution in [-0.4, -0.2) is 33.0 Å². The fourth-order valence-corrected chi connectivity index (χ4v) is 3.42. The average Bonchev–Trinajstić information content (AvgIpc) is 3.05. The summed E-state index contributed by atoms with van der Waals surface area (Å²) in [4.78, 5) is 28.1. The lowest BCUT2D eigenvalue weighted by Crippen LogP contribution is -2.10. The number of esters is 1. The van der Waals surface area contributed by atoms with Gasteiger partial charge in [0, 0.05) is 29.8 Å². The van der Waals surface area contributed by atoms with Gasteiger partial charge in [-0.05, 0) is 37.1 Å². The van der Waals surface area contributed by atoms with E-state index in [0.717, 1.165) is 27.7 Å². The summed E-state index contributed by atoms with van der Waals surface area (Å²) < 4.78 is 6.73. The van der Waals surface area contributed by atoms with E-state index in [1.807, 2.05) is 42.6 Å². The molecule has 1 N–H and O–H groups in total. The Morgan fingerprint density at radius 3 is 2.81 bits per heavy atom. The first-order chi connectivity index (χ1) is 13.1. The number of para-hydroxylation sites is 1. The zero-order valence-corrected chi connectivity index (χ0v) is 14.8. The summed E-state index contributed by atoms with van der Waals surface area (Å²) in [5.74, 6) is -1.36. The molecular weight excluding hydrogens is 344 g/mol. The Kier molecular flexibility index (Phi) is 4.24. The van der Waals surface area contributed by atoms with Crippen molar-refractivity contribution < 1.29 is 19.4 Å². The molecule has 0 saturated heterocycles. The molecule has 1 aromatic carbocycles. The van der Waals surface area contributed by atoms with Crippen LogP contribution in [0.1, 0.15) is 29.3 Å². The van der Waals surface area contributed by atoms with Gasteiger partial charge in [-0.3, -0.25) is 4.79 Å². The second-order valence-electron chi connectivity index (χ2n) is 6.32. The van der Waals surface area contributed by atoms with E-state index in [0.29, 0.717) is 18.6 Å². The number of pyridine rings is 2. The Labute approximate surface area is 155 Å². The smallest absolute Gasteiger partial charge is 0.337 e. The van der Waals surface area contributed by atoms with Gasteiger partial charge < -0.3 is 14.2 Å². The van der Waals surface area contributed by atoms with Crippen LogP contribution < -0.4 is 0 Å². The average molecular weight is 362 g/mol. The third kappa shape index (κ3) is 2.99. The molecule has 2 aliphatic heterocycles. The number of nitrogens with zero attached hydrogens (tertiary/aromatic N) is 2. The first-order valence-electron chi connectivity index (χ1n) is 8.79. The highest BCUT2D eigenvalue weighted by molar-refractivity contribution is 6.02. The fourth-order valence-electron chi connectivity index (χ4n) is 3.42. The number of hydrogen-bond acceptors (Lipinski definition) is 4. The second-order valence-corrected chi connectivity index (χ2v) is 6.32. The minimum atomic E-state index is -1.02. The van der Waals surface area contributed by atoms with Gasteiger partial charge in [0.2, 0.25) is 0 Å². The highest BCUT2D eigenvalue weighted by atomic mass is 16.5. The molecule has 0 saturated carbocycles. The topological polar surface area (TPSA) is 80.9 Å². The molecule has 27 heavy (non-hydrogen) atoms. The van der Waals surface area contributed by atoms with E-state index < -0.39 is 5.97 Å². The molecule has 2 aromatic rings. The molecule has 2 aliphatic rings. The summed E-state index contributed by atoms with van der Waals surface area (Å²) in [7, 11) is 0. The number of benzene rings is 1. The molecule has 0 fully saturated rings. The Morgan fingerprint density at radius 1 is 1.22 bits per heavy atom. The maximum Gasteiger partial charge on any atom is 0.337 e. The second kappa shape index (κ2) is 6.72. The lowest BCUT2D eigenvalue weighted by atomic mass is 10.0. The van der Waals surface area contributed by atoms with Gasteiger partial charge in [0.1, 0.15) is 0 Å². The van der Waals surface area contributed by atoms with E-state index in [-0.39, 0.29) is 18.0 Å². The zero-order chi connectivity index (χ0) is 19.0. The molecular formula is C21H18N2O4. The van der Waals surface area contributed by atoms with Crippen molar-refractivity contribution in [3.63, 3.8) is 0 Å². The van der Waals surface area contributed by atoms with Crippen LogP contribution in [0.2, 0.25) is 0 Å². The first kappa shape index (κ1) is 17.0. The van der Waals surface area contributed by atoms with Crippen LogP contribution >= 0.6 is 0 Å². The SMILES string of the molecule is CCOC(=O)CCc1cc2c3nc4ccccc4c-3ccn2cc1C(=O)O. The van der Waals surface area contributed by atoms with Crippen LogP contribution in [-0.2, 0) is 16.0 Å². The van der Waals surface area contributed by atoms with Gasteiger partial charge >= 0.3 is 11.9 Å². The number of aromatic nitrogens is 2. The van der Waals surface area contributed by atoms with E-state index in [9.17, 15) is 14.7 Å². The van der Waals surface area contributed by atoms with Crippen molar-refractivity contribution >= 4 is 28.4 Å². The minimum absolute atomic E-state index is 0.136. The predicted molar refractivity (Wildman–Crippen MR) is 101 cm³/mol. The van der Waals surface area contributed by atoms with Crippen LogP contribution in [0.25, 0.3) is 27.7 Å². The first-order valence-corrected chi connectivity index (χ1v) is 8.79. The standard InChI is InChI=1S/C21H18N2O4/c1-2-27-19(24)8-7-13-11-18-20-15(14-5-3-4-6-17(14)22-20)9-10-23(18)12-16(13)21(25)26/h3-6,9-12H,2,7-8H2,1H3,(H,25,26).